The first-order valence-corrected chi connectivity index (χ1v) is 14.7. The summed E-state index contributed by atoms with van der Waals surface area (Å²) in [4.78, 5) is 55.5. The molecular formula is C36H30N4O4. The third-order valence-electron chi connectivity index (χ3n) is 9.24. The topological polar surface area (TPSA) is 108 Å². The lowest BCUT2D eigenvalue weighted by Gasteiger charge is -2.52. The van der Waals surface area contributed by atoms with Crippen molar-refractivity contribution >= 4 is 41.2 Å². The molecule has 0 aromatic heterocycles. The van der Waals surface area contributed by atoms with Crippen LogP contribution in [0.25, 0.3) is 0 Å². The van der Waals surface area contributed by atoms with Crippen LogP contribution in [0.15, 0.2) is 102 Å². The van der Waals surface area contributed by atoms with E-state index >= 15 is 0 Å². The average Bonchev–Trinajstić information content (AvgIpc) is 3.32. The fourth-order valence-electron chi connectivity index (χ4n) is 7.25. The predicted molar refractivity (Wildman–Crippen MR) is 167 cm³/mol. The van der Waals surface area contributed by atoms with E-state index in [1.54, 1.807) is 30.5 Å². The number of carbonyl (C=O) groups excluding carboxylic acids is 4. The van der Waals surface area contributed by atoms with Gasteiger partial charge in [0.15, 0.2) is 0 Å². The largest absolute Gasteiger partial charge is 0.329 e. The molecule has 0 spiro atoms. The highest BCUT2D eigenvalue weighted by Crippen LogP contribution is 2.63. The Morgan fingerprint density at radius 3 is 2.05 bits per heavy atom. The van der Waals surface area contributed by atoms with Crippen molar-refractivity contribution in [1.29, 1.82) is 0 Å². The number of benzene rings is 4. The number of hydrogen-bond acceptors (Lipinski definition) is 5. The number of nitrogens with one attached hydrogen (secondary N) is 2. The van der Waals surface area contributed by atoms with E-state index in [9.17, 15) is 19.2 Å². The van der Waals surface area contributed by atoms with Gasteiger partial charge in [-0.05, 0) is 65.4 Å². The summed E-state index contributed by atoms with van der Waals surface area (Å²) < 4.78 is 0. The van der Waals surface area contributed by atoms with Crippen molar-refractivity contribution in [2.24, 2.45) is 16.9 Å². The Balaban J connectivity index is 1.28. The van der Waals surface area contributed by atoms with E-state index in [1.165, 1.54) is 4.90 Å². The lowest BCUT2D eigenvalue weighted by atomic mass is 9.47. The van der Waals surface area contributed by atoms with Gasteiger partial charge in [0.25, 0.3) is 0 Å². The summed E-state index contributed by atoms with van der Waals surface area (Å²) in [6.07, 6.45) is 2.40. The molecular weight excluding hydrogens is 552 g/mol. The van der Waals surface area contributed by atoms with E-state index in [0.717, 1.165) is 39.8 Å². The number of nitrogens with zero attached hydrogens (tertiary/aromatic N) is 2. The fraction of sp³-hybridized carbons (Fsp3) is 0.194. The number of amides is 4. The molecule has 218 valence electrons. The summed E-state index contributed by atoms with van der Waals surface area (Å²) in [5, 5.41) is 6.90. The van der Waals surface area contributed by atoms with Crippen LogP contribution in [-0.2, 0) is 31.0 Å². The molecule has 44 heavy (non-hydrogen) atoms. The molecule has 0 radical (unpaired) electrons. The third-order valence-corrected chi connectivity index (χ3v) is 9.24. The Labute approximate surface area is 254 Å². The molecule has 0 saturated carbocycles. The summed E-state index contributed by atoms with van der Waals surface area (Å²) in [6, 6.07) is 30.2. The van der Waals surface area contributed by atoms with Gasteiger partial charge in [-0.15, -0.1) is 0 Å². The maximum atomic E-state index is 14.4. The monoisotopic (exact) mass is 582 g/mol. The van der Waals surface area contributed by atoms with Gasteiger partial charge in [0.05, 0.1) is 22.9 Å². The highest BCUT2D eigenvalue weighted by Gasteiger charge is 2.68. The molecule has 2 bridgehead atoms. The zero-order valence-corrected chi connectivity index (χ0v) is 24.3. The van der Waals surface area contributed by atoms with Gasteiger partial charge < -0.3 is 5.32 Å². The molecule has 4 aliphatic rings. The molecule has 3 aliphatic carbocycles. The molecule has 1 fully saturated rings. The van der Waals surface area contributed by atoms with Crippen LogP contribution in [0.5, 0.6) is 0 Å². The first-order chi connectivity index (χ1) is 21.3. The molecule has 4 aromatic rings. The molecule has 2 unspecified atom stereocenters. The molecule has 1 heterocycles. The van der Waals surface area contributed by atoms with Crippen LogP contribution in [0.4, 0.5) is 11.4 Å². The number of rotatable bonds is 5. The van der Waals surface area contributed by atoms with Crippen molar-refractivity contribution in [3.05, 3.63) is 130 Å². The average molecular weight is 583 g/mol. The number of carbonyl (C=O) groups is 4. The second-order valence-electron chi connectivity index (χ2n) is 11.6. The minimum Gasteiger partial charge on any atom is -0.318 e. The molecule has 1 aliphatic heterocycles. The fourth-order valence-corrected chi connectivity index (χ4v) is 7.25. The van der Waals surface area contributed by atoms with Gasteiger partial charge in [-0.3, -0.25) is 19.2 Å². The molecule has 2 N–H and O–H groups in total. The Hall–Kier alpha value is -5.37. The van der Waals surface area contributed by atoms with Crippen LogP contribution in [0.2, 0.25) is 0 Å². The molecule has 4 aromatic carbocycles. The Morgan fingerprint density at radius 2 is 1.43 bits per heavy atom. The van der Waals surface area contributed by atoms with Gasteiger partial charge in [0.1, 0.15) is 0 Å². The molecule has 4 amide bonds. The molecule has 8 nitrogen and oxygen atoms in total. The van der Waals surface area contributed by atoms with E-state index in [0.29, 0.717) is 11.4 Å². The Bertz CT molecular complexity index is 1810. The van der Waals surface area contributed by atoms with E-state index in [-0.39, 0.29) is 17.7 Å². The summed E-state index contributed by atoms with van der Waals surface area (Å²) in [7, 11) is 0. The summed E-state index contributed by atoms with van der Waals surface area (Å²) in [6.45, 7) is 3.98. The minimum absolute atomic E-state index is 0.256. The summed E-state index contributed by atoms with van der Waals surface area (Å²) in [5.74, 6) is -4.16. The van der Waals surface area contributed by atoms with Crippen molar-refractivity contribution in [2.45, 2.75) is 31.6 Å². The lowest BCUT2D eigenvalue weighted by Crippen LogP contribution is -2.54. The quantitative estimate of drug-likeness (QED) is 0.152. The molecule has 8 rings (SSSR count). The standard InChI is InChI=1S/C36H30N4O4/c1-3-22-14-16-23(17-15-22)38-32(41)33(42)39-37-20-36-27-10-6-4-8-25(27)29(26-9-5-7-11-28(26)36)30-31(36)35(44)40(34(30)43)24-18-12-21(2)13-19-24/h4-20,29-31H,3H2,1-2H3,(H,38,41)(H,39,42). The van der Waals surface area contributed by atoms with Crippen molar-refractivity contribution in [2.75, 3.05) is 10.2 Å². The molecule has 8 heteroatoms. The van der Waals surface area contributed by atoms with E-state index in [1.807, 2.05) is 86.6 Å². The van der Waals surface area contributed by atoms with Crippen LogP contribution < -0.4 is 15.6 Å². The van der Waals surface area contributed by atoms with Crippen LogP contribution >= 0.6 is 0 Å². The minimum atomic E-state index is -1.15. The summed E-state index contributed by atoms with van der Waals surface area (Å²) >= 11 is 0. The van der Waals surface area contributed by atoms with E-state index in [2.05, 4.69) is 15.8 Å². The van der Waals surface area contributed by atoms with Gasteiger partial charge in [-0.2, -0.15) is 5.10 Å². The maximum Gasteiger partial charge on any atom is 0.329 e. The van der Waals surface area contributed by atoms with E-state index in [4.69, 9.17) is 0 Å². The van der Waals surface area contributed by atoms with Crippen LogP contribution in [0.3, 0.4) is 0 Å². The SMILES string of the molecule is CCc1ccc(NC(=O)C(=O)NN=CC23c4ccccc4C(c4ccccc42)C2C(=O)N(c4ccc(C)cc4)C(=O)C23)cc1. The molecule has 2 atom stereocenters. The second kappa shape index (κ2) is 10.4. The predicted octanol–water partition coefficient (Wildman–Crippen LogP) is 4.85. The van der Waals surface area contributed by atoms with Gasteiger partial charge in [-0.1, -0.05) is 85.3 Å². The highest BCUT2D eigenvalue weighted by atomic mass is 16.2. The van der Waals surface area contributed by atoms with Gasteiger partial charge in [0.2, 0.25) is 11.8 Å². The van der Waals surface area contributed by atoms with Crippen LogP contribution in [-0.4, -0.2) is 29.8 Å². The Kier molecular flexibility index (Phi) is 6.50. The first-order valence-electron chi connectivity index (χ1n) is 14.7. The number of anilines is 2. The van der Waals surface area contributed by atoms with E-state index < -0.39 is 29.1 Å². The number of hydrogen-bond donors (Lipinski definition) is 2. The van der Waals surface area contributed by atoms with Crippen molar-refractivity contribution in [1.82, 2.24) is 5.43 Å². The first kappa shape index (κ1) is 27.5. The van der Waals surface area contributed by atoms with Crippen LogP contribution in [0.1, 0.15) is 46.2 Å². The van der Waals surface area contributed by atoms with Gasteiger partial charge >= 0.3 is 11.8 Å². The van der Waals surface area contributed by atoms with Crippen LogP contribution in [0, 0.1) is 18.8 Å². The zero-order valence-electron chi connectivity index (χ0n) is 24.3. The Morgan fingerprint density at radius 1 is 0.818 bits per heavy atom. The smallest absolute Gasteiger partial charge is 0.318 e. The van der Waals surface area contributed by atoms with Gasteiger partial charge in [0, 0.05) is 17.8 Å². The third kappa shape index (κ3) is 4.01. The van der Waals surface area contributed by atoms with Crippen molar-refractivity contribution in [3.63, 3.8) is 0 Å². The second-order valence-corrected chi connectivity index (χ2v) is 11.6. The number of hydrazone groups is 1. The molecule has 1 saturated heterocycles. The summed E-state index contributed by atoms with van der Waals surface area (Å²) in [5.41, 5.74) is 7.98. The zero-order chi connectivity index (χ0) is 30.6. The van der Waals surface area contributed by atoms with Crippen molar-refractivity contribution in [3.8, 4) is 0 Å². The number of imide groups is 1. The van der Waals surface area contributed by atoms with Gasteiger partial charge in [-0.25, -0.2) is 10.3 Å². The highest BCUT2D eigenvalue weighted by molar-refractivity contribution is 6.39. The van der Waals surface area contributed by atoms with Crippen molar-refractivity contribution < 1.29 is 19.2 Å². The maximum absolute atomic E-state index is 14.4. The lowest BCUT2D eigenvalue weighted by molar-refractivity contribution is -0.136. The normalized spacial score (nSPS) is 22.9. The number of aryl methyl sites for hydroxylation is 2.